The third kappa shape index (κ3) is 4.20. The van der Waals surface area contributed by atoms with Crippen LogP contribution in [0.25, 0.3) is 0 Å². The Kier molecular flexibility index (Phi) is 4.42. The van der Waals surface area contributed by atoms with Gasteiger partial charge in [0, 0.05) is 22.4 Å². The molecule has 1 N–H and O–H groups in total. The molecule has 0 aliphatic rings. The molecule has 0 radical (unpaired) electrons. The van der Waals surface area contributed by atoms with Crippen molar-refractivity contribution >= 4 is 17.7 Å². The molecule has 5 heteroatoms. The zero-order chi connectivity index (χ0) is 11.3. The number of thioether (sulfide) groups is 1. The highest BCUT2D eigenvalue weighted by atomic mass is 32.2. The Labute approximate surface area is 92.7 Å². The maximum absolute atomic E-state index is 10.5. The molecule has 0 aliphatic heterocycles. The molecule has 0 fully saturated rings. The van der Waals surface area contributed by atoms with Gasteiger partial charge in [-0.15, -0.1) is 11.8 Å². The number of hydrogen-bond donors (Lipinski definition) is 1. The summed E-state index contributed by atoms with van der Waals surface area (Å²) in [5.74, 6) is -0.237. The number of carboxylic acids is 1. The SMILES string of the molecule is COc1cc(SC(C)CC(=O)O)ccn1. The summed E-state index contributed by atoms with van der Waals surface area (Å²) in [6.45, 7) is 1.88. The molecule has 0 saturated heterocycles. The summed E-state index contributed by atoms with van der Waals surface area (Å²) in [6, 6.07) is 3.63. The molecule has 1 heterocycles. The Morgan fingerprint density at radius 1 is 1.73 bits per heavy atom. The third-order valence-electron chi connectivity index (χ3n) is 1.71. The Morgan fingerprint density at radius 2 is 2.47 bits per heavy atom. The first-order valence-electron chi connectivity index (χ1n) is 4.50. The summed E-state index contributed by atoms with van der Waals surface area (Å²) in [5, 5.41) is 8.65. The number of ether oxygens (including phenoxy) is 1. The minimum Gasteiger partial charge on any atom is -0.481 e. The normalized spacial score (nSPS) is 12.1. The van der Waals surface area contributed by atoms with Gasteiger partial charge >= 0.3 is 5.97 Å². The monoisotopic (exact) mass is 227 g/mol. The lowest BCUT2D eigenvalue weighted by Gasteiger charge is -2.08. The largest absolute Gasteiger partial charge is 0.481 e. The van der Waals surface area contributed by atoms with Crippen LogP contribution in [0.3, 0.4) is 0 Å². The fourth-order valence-corrected chi connectivity index (χ4v) is 2.09. The maximum Gasteiger partial charge on any atom is 0.304 e. The van der Waals surface area contributed by atoms with Crippen LogP contribution in [0.5, 0.6) is 5.88 Å². The molecule has 15 heavy (non-hydrogen) atoms. The first-order chi connectivity index (χ1) is 7.11. The molecule has 4 nitrogen and oxygen atoms in total. The van der Waals surface area contributed by atoms with E-state index in [2.05, 4.69) is 4.98 Å². The molecular formula is C10H13NO3S. The molecule has 1 unspecified atom stereocenters. The van der Waals surface area contributed by atoms with E-state index in [1.165, 1.54) is 11.8 Å². The number of carbonyl (C=O) groups is 1. The van der Waals surface area contributed by atoms with Gasteiger partial charge in [-0.1, -0.05) is 6.92 Å². The first-order valence-corrected chi connectivity index (χ1v) is 5.38. The van der Waals surface area contributed by atoms with Crippen molar-refractivity contribution in [3.8, 4) is 5.88 Å². The van der Waals surface area contributed by atoms with Gasteiger partial charge in [0.2, 0.25) is 5.88 Å². The first kappa shape index (κ1) is 11.8. The van der Waals surface area contributed by atoms with Gasteiger partial charge in [0.15, 0.2) is 0 Å². The molecule has 0 bridgehead atoms. The van der Waals surface area contributed by atoms with E-state index < -0.39 is 5.97 Å². The fourth-order valence-electron chi connectivity index (χ4n) is 1.10. The van der Waals surface area contributed by atoms with Crippen LogP contribution in [0.15, 0.2) is 23.2 Å². The van der Waals surface area contributed by atoms with Crippen LogP contribution in [-0.2, 0) is 4.79 Å². The van der Waals surface area contributed by atoms with Crippen LogP contribution >= 0.6 is 11.8 Å². The van der Waals surface area contributed by atoms with Crippen LogP contribution < -0.4 is 4.74 Å². The molecule has 0 saturated carbocycles. The van der Waals surface area contributed by atoms with E-state index in [1.54, 1.807) is 19.4 Å². The standard InChI is InChI=1S/C10H13NO3S/c1-7(5-10(12)13)15-8-3-4-11-9(6-8)14-2/h3-4,6-7H,5H2,1-2H3,(H,12,13). The summed E-state index contributed by atoms with van der Waals surface area (Å²) in [5.41, 5.74) is 0. The average Bonchev–Trinajstić information content (AvgIpc) is 2.16. The second-order valence-electron chi connectivity index (χ2n) is 3.06. The topological polar surface area (TPSA) is 59.4 Å². The second kappa shape index (κ2) is 5.60. The van der Waals surface area contributed by atoms with E-state index in [0.717, 1.165) is 4.90 Å². The maximum atomic E-state index is 10.5. The van der Waals surface area contributed by atoms with E-state index in [-0.39, 0.29) is 11.7 Å². The quantitative estimate of drug-likeness (QED) is 0.780. The minimum atomic E-state index is -0.781. The molecule has 82 valence electrons. The number of hydrogen-bond acceptors (Lipinski definition) is 4. The Balaban J connectivity index is 2.59. The van der Waals surface area contributed by atoms with Crippen LogP contribution in [0.2, 0.25) is 0 Å². The average molecular weight is 227 g/mol. The van der Waals surface area contributed by atoms with E-state index in [9.17, 15) is 4.79 Å². The molecule has 0 spiro atoms. The predicted octanol–water partition coefficient (Wildman–Crippen LogP) is 2.05. The van der Waals surface area contributed by atoms with E-state index in [0.29, 0.717) is 5.88 Å². The molecule has 1 atom stereocenters. The van der Waals surface area contributed by atoms with Crippen molar-refractivity contribution < 1.29 is 14.6 Å². The summed E-state index contributed by atoms with van der Waals surface area (Å²) in [6.07, 6.45) is 1.80. The van der Waals surface area contributed by atoms with Gasteiger partial charge < -0.3 is 9.84 Å². The van der Waals surface area contributed by atoms with Crippen molar-refractivity contribution in [2.75, 3.05) is 7.11 Å². The van der Waals surface area contributed by atoms with E-state index >= 15 is 0 Å². The lowest BCUT2D eigenvalue weighted by atomic mass is 10.3. The third-order valence-corrected chi connectivity index (χ3v) is 2.81. The van der Waals surface area contributed by atoms with E-state index in [4.69, 9.17) is 9.84 Å². The summed E-state index contributed by atoms with van der Waals surface area (Å²) in [7, 11) is 1.55. The van der Waals surface area contributed by atoms with Crippen molar-refractivity contribution in [3.05, 3.63) is 18.3 Å². The van der Waals surface area contributed by atoms with Gasteiger partial charge in [0.1, 0.15) is 0 Å². The number of methoxy groups -OCH3 is 1. The Hall–Kier alpha value is -1.23. The molecule has 0 aromatic carbocycles. The summed E-state index contributed by atoms with van der Waals surface area (Å²) < 4.78 is 4.98. The number of nitrogens with zero attached hydrogens (tertiary/aromatic N) is 1. The van der Waals surface area contributed by atoms with Crippen LogP contribution in [0.1, 0.15) is 13.3 Å². The van der Waals surface area contributed by atoms with Gasteiger partial charge in [-0.25, -0.2) is 4.98 Å². The number of aromatic nitrogens is 1. The molecule has 0 amide bonds. The second-order valence-corrected chi connectivity index (χ2v) is 4.57. The number of pyridine rings is 1. The van der Waals surface area contributed by atoms with Crippen molar-refractivity contribution in [1.82, 2.24) is 4.98 Å². The van der Waals surface area contributed by atoms with Crippen LogP contribution in [0.4, 0.5) is 0 Å². The van der Waals surface area contributed by atoms with E-state index in [1.807, 2.05) is 13.0 Å². The summed E-state index contributed by atoms with van der Waals surface area (Å²) in [4.78, 5) is 15.4. The predicted molar refractivity (Wildman–Crippen MR) is 58.4 cm³/mol. The highest BCUT2D eigenvalue weighted by Gasteiger charge is 2.09. The van der Waals surface area contributed by atoms with Crippen molar-refractivity contribution in [3.63, 3.8) is 0 Å². The summed E-state index contributed by atoms with van der Waals surface area (Å²) >= 11 is 1.50. The smallest absolute Gasteiger partial charge is 0.304 e. The highest BCUT2D eigenvalue weighted by Crippen LogP contribution is 2.26. The van der Waals surface area contributed by atoms with Crippen molar-refractivity contribution in [2.45, 2.75) is 23.5 Å². The minimum absolute atomic E-state index is 0.0367. The lowest BCUT2D eigenvalue weighted by Crippen LogP contribution is -2.05. The Morgan fingerprint density at radius 3 is 3.07 bits per heavy atom. The fraction of sp³-hybridized carbons (Fsp3) is 0.400. The molecule has 1 rings (SSSR count). The van der Waals surface area contributed by atoms with Crippen LogP contribution in [-0.4, -0.2) is 28.4 Å². The van der Waals surface area contributed by atoms with Gasteiger partial charge in [0.05, 0.1) is 13.5 Å². The van der Waals surface area contributed by atoms with Gasteiger partial charge in [-0.3, -0.25) is 4.79 Å². The van der Waals surface area contributed by atoms with Gasteiger partial charge in [-0.05, 0) is 6.07 Å². The number of aliphatic carboxylic acids is 1. The molecule has 1 aromatic heterocycles. The van der Waals surface area contributed by atoms with Crippen LogP contribution in [0, 0.1) is 0 Å². The number of carboxylic acid groups (broad SMARTS) is 1. The lowest BCUT2D eigenvalue weighted by molar-refractivity contribution is -0.136. The zero-order valence-corrected chi connectivity index (χ0v) is 9.45. The highest BCUT2D eigenvalue weighted by molar-refractivity contribution is 8.00. The van der Waals surface area contributed by atoms with Gasteiger partial charge in [-0.2, -0.15) is 0 Å². The van der Waals surface area contributed by atoms with Crippen molar-refractivity contribution in [1.29, 1.82) is 0 Å². The molecular weight excluding hydrogens is 214 g/mol. The Bertz CT molecular complexity index is 343. The zero-order valence-electron chi connectivity index (χ0n) is 8.64. The molecule has 0 aliphatic carbocycles. The molecule has 1 aromatic rings. The van der Waals surface area contributed by atoms with Crippen molar-refractivity contribution in [2.24, 2.45) is 0 Å². The van der Waals surface area contributed by atoms with Gasteiger partial charge in [0.25, 0.3) is 0 Å². The number of rotatable bonds is 5.